The normalized spacial score (nSPS) is 22.8. The summed E-state index contributed by atoms with van der Waals surface area (Å²) < 4.78 is 0. The van der Waals surface area contributed by atoms with Crippen LogP contribution < -0.4 is 0 Å². The van der Waals surface area contributed by atoms with Crippen molar-refractivity contribution in [3.05, 3.63) is 89.6 Å². The van der Waals surface area contributed by atoms with E-state index in [1.807, 2.05) is 105 Å². The van der Waals surface area contributed by atoms with Crippen LogP contribution in [0.2, 0.25) is 0 Å². The van der Waals surface area contributed by atoms with Crippen molar-refractivity contribution in [3.8, 4) is 12.1 Å². The smallest absolute Gasteiger partial charge is 0.177 e. The largest absolute Gasteiger partial charge is 0.357 e. The van der Waals surface area contributed by atoms with Gasteiger partial charge in [0.2, 0.25) is 0 Å². The molecule has 2 heterocycles. The van der Waals surface area contributed by atoms with E-state index in [4.69, 9.17) is 0 Å². The highest BCUT2D eigenvalue weighted by Crippen LogP contribution is 2.61. The van der Waals surface area contributed by atoms with E-state index in [9.17, 15) is 15.3 Å². The quantitative estimate of drug-likeness (QED) is 0.500. The number of benzene rings is 3. The average molecular weight is 432 g/mol. The molecule has 33 heavy (non-hydrogen) atoms. The molecule has 0 spiro atoms. The number of Topliss-reactive ketones (excluding diaryl/α,β-unsaturated/α-hetero) is 1. The fourth-order valence-corrected chi connectivity index (χ4v) is 5.60. The van der Waals surface area contributed by atoms with Crippen LogP contribution in [0.5, 0.6) is 0 Å². The molecule has 3 aromatic rings. The molecule has 5 rings (SSSR count). The first-order valence-electron chi connectivity index (χ1n) is 11.2. The highest BCUT2D eigenvalue weighted by molar-refractivity contribution is 5.93. The molecule has 0 radical (unpaired) electrons. The topological polar surface area (TPSA) is 67.9 Å². The molecule has 1 fully saturated rings. The summed E-state index contributed by atoms with van der Waals surface area (Å²) in [6, 6.07) is 25.5. The van der Waals surface area contributed by atoms with Gasteiger partial charge in [0.05, 0.1) is 24.2 Å². The summed E-state index contributed by atoms with van der Waals surface area (Å²) in [5, 5.41) is 23.3. The average Bonchev–Trinajstić information content (AvgIpc) is 3.13. The van der Waals surface area contributed by atoms with Gasteiger partial charge in [0.25, 0.3) is 0 Å². The fraction of sp³-hybridized carbons (Fsp3) is 0.276. The Morgan fingerprint density at radius 3 is 2.27 bits per heavy atom. The lowest BCUT2D eigenvalue weighted by Gasteiger charge is -2.36. The van der Waals surface area contributed by atoms with Crippen LogP contribution in [0.25, 0.3) is 16.8 Å². The van der Waals surface area contributed by atoms with Gasteiger partial charge in [-0.15, -0.1) is 0 Å². The summed E-state index contributed by atoms with van der Waals surface area (Å²) >= 11 is 0. The summed E-state index contributed by atoms with van der Waals surface area (Å²) in [6.07, 6.45) is 3.90. The highest BCUT2D eigenvalue weighted by atomic mass is 16.1. The van der Waals surface area contributed by atoms with E-state index in [-0.39, 0.29) is 5.78 Å². The van der Waals surface area contributed by atoms with Gasteiger partial charge in [-0.1, -0.05) is 87.5 Å². The summed E-state index contributed by atoms with van der Waals surface area (Å²) in [4.78, 5) is 16.0. The minimum absolute atomic E-state index is 0.0295. The van der Waals surface area contributed by atoms with Crippen molar-refractivity contribution in [2.24, 2.45) is 10.8 Å². The lowest BCUT2D eigenvalue weighted by molar-refractivity contribution is -0.130. The molecule has 4 heteroatoms. The maximum atomic E-state index is 14.0. The van der Waals surface area contributed by atoms with Gasteiger partial charge in [0.15, 0.2) is 11.2 Å². The number of nitriles is 2. The van der Waals surface area contributed by atoms with E-state index in [2.05, 4.69) is 12.1 Å². The second-order valence-electron chi connectivity index (χ2n) is 9.99. The fourth-order valence-electron chi connectivity index (χ4n) is 5.60. The Bertz CT molecular complexity index is 1360. The van der Waals surface area contributed by atoms with Crippen molar-refractivity contribution < 1.29 is 4.79 Å². The molecule has 0 unspecified atom stereocenters. The third-order valence-electron chi connectivity index (χ3n) is 7.11. The van der Waals surface area contributed by atoms with E-state index >= 15 is 0 Å². The standard InChI is InChI=1S/C29H25N3O/c1-28(2,3)27(33)25-24(23-14-8-11-19-9-4-6-12-21(19)23)29(17-30,18-31)26-22-13-7-5-10-20(22)15-16-32(25)26/h4-16,24-26H,1-3H3/t24-,25-,26+/m0/s1. The highest BCUT2D eigenvalue weighted by Gasteiger charge is 2.64. The molecule has 2 aliphatic heterocycles. The number of fused-ring (bicyclic) bond motifs is 4. The SMILES string of the molecule is CC(C)(C)C(=O)[C@@H]1[C@H](c2cccc3ccccc23)C(C#N)(C#N)[C@H]2c3ccccc3C=CN12. The zero-order chi connectivity index (χ0) is 23.4. The Morgan fingerprint density at radius 1 is 0.909 bits per heavy atom. The second-order valence-corrected chi connectivity index (χ2v) is 9.99. The number of hydrogen-bond donors (Lipinski definition) is 0. The molecule has 0 saturated carbocycles. The predicted molar refractivity (Wildman–Crippen MR) is 129 cm³/mol. The summed E-state index contributed by atoms with van der Waals surface area (Å²) in [5.41, 5.74) is 0.700. The molecular formula is C29H25N3O. The Morgan fingerprint density at radius 2 is 1.55 bits per heavy atom. The predicted octanol–water partition coefficient (Wildman–Crippen LogP) is 5.98. The molecular weight excluding hydrogens is 406 g/mol. The van der Waals surface area contributed by atoms with Gasteiger partial charge < -0.3 is 4.90 Å². The van der Waals surface area contributed by atoms with Gasteiger partial charge >= 0.3 is 0 Å². The van der Waals surface area contributed by atoms with Gasteiger partial charge in [-0.05, 0) is 33.5 Å². The minimum atomic E-state index is -1.43. The van der Waals surface area contributed by atoms with Crippen LogP contribution in [-0.4, -0.2) is 16.7 Å². The summed E-state index contributed by atoms with van der Waals surface area (Å²) in [6.45, 7) is 5.72. The van der Waals surface area contributed by atoms with Crippen LogP contribution in [0.1, 0.15) is 49.4 Å². The minimum Gasteiger partial charge on any atom is -0.357 e. The lowest BCUT2D eigenvalue weighted by atomic mass is 9.66. The number of ketones is 1. The van der Waals surface area contributed by atoms with E-state index in [1.54, 1.807) is 0 Å². The zero-order valence-electron chi connectivity index (χ0n) is 19.0. The van der Waals surface area contributed by atoms with E-state index in [0.29, 0.717) is 0 Å². The molecule has 1 saturated heterocycles. The van der Waals surface area contributed by atoms with Crippen molar-refractivity contribution in [1.29, 1.82) is 10.5 Å². The van der Waals surface area contributed by atoms with Gasteiger partial charge in [-0.25, -0.2) is 0 Å². The van der Waals surface area contributed by atoms with Crippen molar-refractivity contribution in [2.45, 2.75) is 38.8 Å². The molecule has 0 amide bonds. The molecule has 0 aliphatic carbocycles. The molecule has 4 nitrogen and oxygen atoms in total. The second kappa shape index (κ2) is 7.32. The third-order valence-corrected chi connectivity index (χ3v) is 7.11. The molecule has 3 atom stereocenters. The van der Waals surface area contributed by atoms with Crippen LogP contribution in [0, 0.1) is 33.5 Å². The molecule has 2 aliphatic rings. The first kappa shape index (κ1) is 21.0. The van der Waals surface area contributed by atoms with Crippen molar-refractivity contribution in [2.75, 3.05) is 0 Å². The maximum Gasteiger partial charge on any atom is 0.177 e. The number of carbonyl (C=O) groups excluding carboxylic acids is 1. The maximum absolute atomic E-state index is 14.0. The third kappa shape index (κ3) is 2.91. The van der Waals surface area contributed by atoms with Crippen LogP contribution in [0.3, 0.4) is 0 Å². The molecule has 0 N–H and O–H groups in total. The number of carbonyl (C=O) groups is 1. The van der Waals surface area contributed by atoms with Crippen LogP contribution in [0.4, 0.5) is 0 Å². The van der Waals surface area contributed by atoms with Gasteiger partial charge in [-0.3, -0.25) is 4.79 Å². The van der Waals surface area contributed by atoms with E-state index in [0.717, 1.165) is 27.5 Å². The summed E-state index contributed by atoms with van der Waals surface area (Å²) in [7, 11) is 0. The number of nitrogens with zero attached hydrogens (tertiary/aromatic N) is 3. The first-order chi connectivity index (χ1) is 15.8. The van der Waals surface area contributed by atoms with Crippen molar-refractivity contribution >= 4 is 22.6 Å². The lowest BCUT2D eigenvalue weighted by Crippen LogP contribution is -2.43. The Kier molecular flexibility index (Phi) is 4.66. The molecule has 162 valence electrons. The van der Waals surface area contributed by atoms with Gasteiger partial charge in [0, 0.05) is 17.5 Å². The van der Waals surface area contributed by atoms with Crippen LogP contribution in [0.15, 0.2) is 72.9 Å². The van der Waals surface area contributed by atoms with Gasteiger partial charge in [0.1, 0.15) is 0 Å². The first-order valence-corrected chi connectivity index (χ1v) is 11.2. The molecule has 0 bridgehead atoms. The molecule has 0 aromatic heterocycles. The van der Waals surface area contributed by atoms with E-state index in [1.165, 1.54) is 0 Å². The number of rotatable bonds is 2. The van der Waals surface area contributed by atoms with Crippen molar-refractivity contribution in [1.82, 2.24) is 4.90 Å². The Balaban J connectivity index is 1.86. The summed E-state index contributed by atoms with van der Waals surface area (Å²) in [5.74, 6) is -0.576. The van der Waals surface area contributed by atoms with Gasteiger partial charge in [-0.2, -0.15) is 10.5 Å². The number of hydrogen-bond acceptors (Lipinski definition) is 4. The van der Waals surface area contributed by atoms with E-state index < -0.39 is 28.8 Å². The zero-order valence-corrected chi connectivity index (χ0v) is 19.0. The van der Waals surface area contributed by atoms with Crippen LogP contribution in [-0.2, 0) is 4.79 Å². The molecule has 3 aromatic carbocycles. The van der Waals surface area contributed by atoms with Crippen LogP contribution >= 0.6 is 0 Å². The Hall–Kier alpha value is -3.89. The Labute approximate surface area is 194 Å². The van der Waals surface area contributed by atoms with Crippen molar-refractivity contribution in [3.63, 3.8) is 0 Å². The monoisotopic (exact) mass is 431 g/mol.